The zero-order valence-corrected chi connectivity index (χ0v) is 16.1. The number of carbonyl (C=O) groups excluding carboxylic acids is 1. The van der Waals surface area contributed by atoms with Crippen LogP contribution in [0, 0.1) is 0 Å². The normalized spacial score (nSPS) is 28.1. The average Bonchev–Trinajstić information content (AvgIpc) is 2.68. The summed E-state index contributed by atoms with van der Waals surface area (Å²) in [7, 11) is 3.15. The fraction of sp³-hybridized carbons (Fsp3) is 0.625. The lowest BCUT2D eigenvalue weighted by Gasteiger charge is -2.40. The third kappa shape index (κ3) is 7.20. The molecule has 2 rings (SSSR count). The van der Waals surface area contributed by atoms with Crippen molar-refractivity contribution in [1.29, 1.82) is 0 Å². The maximum atomic E-state index is 11.9. The molecule has 152 valence electrons. The topological polar surface area (TPSA) is 141 Å². The molecule has 27 heavy (non-hydrogen) atoms. The summed E-state index contributed by atoms with van der Waals surface area (Å²) in [4.78, 5) is 16.1. The Morgan fingerprint density at radius 2 is 2.04 bits per heavy atom. The van der Waals surface area contributed by atoms with E-state index in [1.807, 2.05) is 18.2 Å². The maximum absolute atomic E-state index is 11.9. The number of nitrogens with zero attached hydrogens (tertiary/aromatic N) is 1. The summed E-state index contributed by atoms with van der Waals surface area (Å²) >= 11 is 0. The van der Waals surface area contributed by atoms with Crippen molar-refractivity contribution < 1.29 is 34.7 Å². The van der Waals surface area contributed by atoms with Gasteiger partial charge in [-0.2, -0.15) is 0 Å². The molecule has 1 amide bonds. The summed E-state index contributed by atoms with van der Waals surface area (Å²) in [6, 6.07) is 5.69. The molecule has 1 aliphatic rings. The zero-order chi connectivity index (χ0) is 19.6. The van der Waals surface area contributed by atoms with Crippen molar-refractivity contribution in [3.05, 3.63) is 24.4 Å². The number of aliphatic hydroxyl groups excluding tert-OH is 4. The molecule has 9 nitrogen and oxygen atoms in total. The van der Waals surface area contributed by atoms with Gasteiger partial charge in [0, 0.05) is 11.9 Å². The second kappa shape index (κ2) is 11.8. The van der Waals surface area contributed by atoms with Crippen LogP contribution in [0.15, 0.2) is 29.4 Å². The lowest BCUT2D eigenvalue weighted by atomic mass is 9.98. The quantitative estimate of drug-likeness (QED) is 0.240. The molecule has 1 aromatic rings. The van der Waals surface area contributed by atoms with Crippen LogP contribution in [0.4, 0.5) is 0 Å². The van der Waals surface area contributed by atoms with Crippen molar-refractivity contribution in [2.75, 3.05) is 25.6 Å². The highest BCUT2D eigenvalue weighted by molar-refractivity contribution is 8.76. The molecule has 1 aromatic heterocycles. The zero-order valence-electron chi connectivity index (χ0n) is 14.5. The molecule has 0 aliphatic carbocycles. The molecule has 0 spiro atoms. The van der Waals surface area contributed by atoms with E-state index >= 15 is 0 Å². The van der Waals surface area contributed by atoms with Gasteiger partial charge in [-0.1, -0.05) is 16.9 Å². The van der Waals surface area contributed by atoms with Crippen molar-refractivity contribution >= 4 is 27.5 Å². The molecule has 11 heteroatoms. The van der Waals surface area contributed by atoms with Gasteiger partial charge in [0.2, 0.25) is 5.91 Å². The van der Waals surface area contributed by atoms with Gasteiger partial charge in [-0.15, -0.1) is 0 Å². The van der Waals surface area contributed by atoms with Crippen LogP contribution >= 0.6 is 21.6 Å². The third-order valence-corrected chi connectivity index (χ3v) is 5.99. The molecule has 1 saturated heterocycles. The minimum absolute atomic E-state index is 0.0487. The predicted octanol–water partition coefficient (Wildman–Crippen LogP) is -0.855. The highest BCUT2D eigenvalue weighted by atomic mass is 33.1. The molecule has 5 N–H and O–H groups in total. The Morgan fingerprint density at radius 1 is 1.22 bits per heavy atom. The largest absolute Gasteiger partial charge is 0.394 e. The van der Waals surface area contributed by atoms with Gasteiger partial charge in [-0.3, -0.25) is 4.79 Å². The summed E-state index contributed by atoms with van der Waals surface area (Å²) in [5, 5.41) is 41.7. The van der Waals surface area contributed by atoms with Crippen molar-refractivity contribution in [3.8, 4) is 0 Å². The van der Waals surface area contributed by atoms with Crippen molar-refractivity contribution in [2.24, 2.45) is 0 Å². The van der Waals surface area contributed by atoms with Gasteiger partial charge >= 0.3 is 0 Å². The Kier molecular flexibility index (Phi) is 9.79. The number of aliphatic hydroxyl groups is 4. The van der Waals surface area contributed by atoms with Crippen LogP contribution in [-0.2, 0) is 14.3 Å². The molecule has 0 bridgehead atoms. The van der Waals surface area contributed by atoms with Crippen LogP contribution in [0.5, 0.6) is 0 Å². The van der Waals surface area contributed by atoms with Gasteiger partial charge in [0.05, 0.1) is 26.2 Å². The predicted molar refractivity (Wildman–Crippen MR) is 99.9 cm³/mol. The third-order valence-electron chi connectivity index (χ3n) is 3.76. The first-order chi connectivity index (χ1) is 13.0. The fourth-order valence-corrected chi connectivity index (χ4v) is 4.05. The van der Waals surface area contributed by atoms with E-state index in [1.165, 1.54) is 0 Å². The molecule has 0 saturated carbocycles. The molecule has 1 aliphatic heterocycles. The van der Waals surface area contributed by atoms with Crippen LogP contribution in [0.1, 0.15) is 6.42 Å². The average molecular weight is 421 g/mol. The molecule has 2 heterocycles. The Morgan fingerprint density at radius 3 is 2.74 bits per heavy atom. The van der Waals surface area contributed by atoms with E-state index in [0.717, 1.165) is 10.8 Å². The summed E-state index contributed by atoms with van der Waals surface area (Å²) in [5.41, 5.74) is 0. The number of rotatable bonds is 10. The Labute approximate surface area is 164 Å². The molecule has 0 radical (unpaired) electrons. The highest BCUT2D eigenvalue weighted by Gasteiger charge is 2.43. The molecule has 5 atom stereocenters. The van der Waals surface area contributed by atoms with Gasteiger partial charge in [0.15, 0.2) is 6.23 Å². The molecule has 5 unspecified atom stereocenters. The fourth-order valence-electron chi connectivity index (χ4n) is 2.31. The number of ether oxygens (including phenoxy) is 2. The van der Waals surface area contributed by atoms with Crippen LogP contribution in [0.25, 0.3) is 0 Å². The van der Waals surface area contributed by atoms with Gasteiger partial charge < -0.3 is 35.2 Å². The second-order valence-electron chi connectivity index (χ2n) is 5.75. The molecular weight excluding hydrogens is 396 g/mol. The maximum Gasteiger partial charge on any atom is 0.224 e. The number of amides is 1. The molecular formula is C16H24N2O7S2. The first-order valence-corrected chi connectivity index (χ1v) is 10.7. The first kappa shape index (κ1) is 22.4. The van der Waals surface area contributed by atoms with E-state index in [2.05, 4.69) is 10.3 Å². The van der Waals surface area contributed by atoms with Gasteiger partial charge in [0.1, 0.15) is 29.4 Å². The van der Waals surface area contributed by atoms with E-state index in [0.29, 0.717) is 6.61 Å². The summed E-state index contributed by atoms with van der Waals surface area (Å²) in [5.74, 6) is 0.296. The molecule has 1 fully saturated rings. The van der Waals surface area contributed by atoms with E-state index in [4.69, 9.17) is 14.6 Å². The number of aromatic nitrogens is 1. The highest BCUT2D eigenvalue weighted by Crippen LogP contribution is 2.28. The van der Waals surface area contributed by atoms with Crippen molar-refractivity contribution in [3.63, 3.8) is 0 Å². The Balaban J connectivity index is 1.57. The Hall–Kier alpha value is -0.920. The standard InChI is InChI=1S/C16H24N2O7S2/c19-9-10-13(21)14(22)15(23)16(25-10)18-11(20)4-6-24-7-8-26-27-12-3-1-2-5-17-12/h1-3,5,10,13-16,19,21-23H,4,6-9H2,(H,18,20). The monoisotopic (exact) mass is 420 g/mol. The van der Waals surface area contributed by atoms with Crippen LogP contribution in [-0.4, -0.2) is 87.5 Å². The van der Waals surface area contributed by atoms with Crippen molar-refractivity contribution in [2.45, 2.75) is 42.1 Å². The van der Waals surface area contributed by atoms with Crippen molar-refractivity contribution in [1.82, 2.24) is 10.3 Å². The van der Waals surface area contributed by atoms with E-state index in [-0.39, 0.29) is 13.0 Å². The number of pyridine rings is 1. The Bertz CT molecular complexity index is 567. The van der Waals surface area contributed by atoms with E-state index < -0.39 is 43.2 Å². The van der Waals surface area contributed by atoms with E-state index in [1.54, 1.807) is 27.8 Å². The number of nitrogens with one attached hydrogen (secondary N) is 1. The smallest absolute Gasteiger partial charge is 0.224 e. The number of carbonyl (C=O) groups is 1. The molecule has 0 aromatic carbocycles. The summed E-state index contributed by atoms with van der Waals surface area (Å²) in [6.45, 7) is 0.116. The first-order valence-electron chi connectivity index (χ1n) is 8.41. The lowest BCUT2D eigenvalue weighted by Crippen LogP contribution is -2.63. The number of hydrogen-bond acceptors (Lipinski definition) is 10. The van der Waals surface area contributed by atoms with E-state index in [9.17, 15) is 20.1 Å². The summed E-state index contributed by atoms with van der Waals surface area (Å²) in [6.07, 6.45) is -4.96. The SMILES string of the molecule is O=C(CCOCCSSc1ccccn1)NC1OC(CO)C(O)C(O)C1O. The minimum Gasteiger partial charge on any atom is -0.394 e. The van der Waals surface area contributed by atoms with Crippen LogP contribution in [0.2, 0.25) is 0 Å². The van der Waals surface area contributed by atoms with Gasteiger partial charge in [-0.25, -0.2) is 4.98 Å². The van der Waals surface area contributed by atoms with Crippen LogP contribution in [0.3, 0.4) is 0 Å². The van der Waals surface area contributed by atoms with Crippen LogP contribution < -0.4 is 5.32 Å². The second-order valence-corrected chi connectivity index (χ2v) is 8.19. The van der Waals surface area contributed by atoms with Gasteiger partial charge in [-0.05, 0) is 22.9 Å². The lowest BCUT2D eigenvalue weighted by molar-refractivity contribution is -0.236. The summed E-state index contributed by atoms with van der Waals surface area (Å²) < 4.78 is 10.6. The minimum atomic E-state index is -1.52. The number of hydrogen-bond donors (Lipinski definition) is 5. The van der Waals surface area contributed by atoms with Gasteiger partial charge in [0.25, 0.3) is 0 Å².